The molecule has 0 aliphatic carbocycles. The van der Waals surface area contributed by atoms with Crippen LogP contribution in [0.4, 0.5) is 5.69 Å². The second-order valence-electron chi connectivity index (χ2n) is 5.24. The van der Waals surface area contributed by atoms with Gasteiger partial charge in [-0.05, 0) is 38.1 Å². The van der Waals surface area contributed by atoms with Crippen LogP contribution in [-0.2, 0) is 4.79 Å². The third-order valence-electron chi connectivity index (χ3n) is 3.32. The molecule has 128 valence electrons. The van der Waals surface area contributed by atoms with Crippen molar-refractivity contribution in [3.05, 3.63) is 48.2 Å². The smallest absolute Gasteiger partial charge is 0.284 e. The molecule has 8 heteroatoms. The first-order chi connectivity index (χ1) is 12.0. The van der Waals surface area contributed by atoms with Crippen LogP contribution >= 0.6 is 11.8 Å². The predicted molar refractivity (Wildman–Crippen MR) is 92.4 cm³/mol. The summed E-state index contributed by atoms with van der Waals surface area (Å²) >= 11 is 1.14. The van der Waals surface area contributed by atoms with E-state index in [4.69, 9.17) is 8.83 Å². The number of Topliss-reactive ketones (excluding diaryl/α,β-unsaturated/α-hetero) is 1. The van der Waals surface area contributed by atoms with E-state index in [1.54, 1.807) is 43.3 Å². The molecular weight excluding hydrogens is 342 g/mol. The highest BCUT2D eigenvalue weighted by Gasteiger charge is 2.19. The van der Waals surface area contributed by atoms with Crippen molar-refractivity contribution >= 4 is 29.1 Å². The summed E-state index contributed by atoms with van der Waals surface area (Å²) in [5.41, 5.74) is 1.10. The Kier molecular flexibility index (Phi) is 4.99. The minimum atomic E-state index is -0.467. The monoisotopic (exact) mass is 357 g/mol. The van der Waals surface area contributed by atoms with Crippen molar-refractivity contribution in [3.63, 3.8) is 0 Å². The van der Waals surface area contributed by atoms with Gasteiger partial charge < -0.3 is 14.2 Å². The first-order valence-electron chi connectivity index (χ1n) is 7.49. The van der Waals surface area contributed by atoms with Crippen LogP contribution in [0.2, 0.25) is 0 Å². The van der Waals surface area contributed by atoms with Crippen molar-refractivity contribution in [2.45, 2.75) is 24.3 Å². The molecule has 1 N–H and O–H groups in total. The van der Waals surface area contributed by atoms with Crippen LogP contribution in [0, 0.1) is 0 Å². The SMILES string of the molecule is CC(=O)c1cccc(NC(=O)[C@@H](C)Sc2nnc(-c3ccco3)o2)c1. The maximum Gasteiger partial charge on any atom is 0.284 e. The number of benzene rings is 1. The molecule has 3 rings (SSSR count). The molecular formula is C17H15N3O4S. The molecule has 1 amide bonds. The summed E-state index contributed by atoms with van der Waals surface area (Å²) in [6.45, 7) is 3.21. The Bertz CT molecular complexity index is 889. The summed E-state index contributed by atoms with van der Waals surface area (Å²) in [4.78, 5) is 23.7. The molecule has 1 atom stereocenters. The molecule has 0 fully saturated rings. The highest BCUT2D eigenvalue weighted by molar-refractivity contribution is 8.00. The molecule has 0 aliphatic rings. The largest absolute Gasteiger partial charge is 0.459 e. The summed E-state index contributed by atoms with van der Waals surface area (Å²) in [6, 6.07) is 10.2. The zero-order chi connectivity index (χ0) is 17.8. The van der Waals surface area contributed by atoms with E-state index in [-0.39, 0.29) is 22.8 Å². The van der Waals surface area contributed by atoms with Crippen LogP contribution in [0.3, 0.4) is 0 Å². The average Bonchev–Trinajstić information content (AvgIpc) is 3.26. The van der Waals surface area contributed by atoms with Gasteiger partial charge in [-0.3, -0.25) is 9.59 Å². The van der Waals surface area contributed by atoms with E-state index in [0.717, 1.165) is 11.8 Å². The van der Waals surface area contributed by atoms with Gasteiger partial charge in [-0.2, -0.15) is 0 Å². The van der Waals surface area contributed by atoms with Crippen molar-refractivity contribution < 1.29 is 18.4 Å². The number of hydrogen-bond acceptors (Lipinski definition) is 7. The van der Waals surface area contributed by atoms with E-state index >= 15 is 0 Å². The summed E-state index contributed by atoms with van der Waals surface area (Å²) in [6.07, 6.45) is 1.51. The number of furan rings is 1. The third-order valence-corrected chi connectivity index (χ3v) is 4.26. The molecule has 0 spiro atoms. The molecule has 0 saturated carbocycles. The van der Waals surface area contributed by atoms with Crippen LogP contribution in [-0.4, -0.2) is 27.1 Å². The van der Waals surface area contributed by atoms with Gasteiger partial charge in [0.15, 0.2) is 11.5 Å². The number of hydrogen-bond donors (Lipinski definition) is 1. The van der Waals surface area contributed by atoms with E-state index in [1.807, 2.05) is 0 Å². The molecule has 0 saturated heterocycles. The lowest BCUT2D eigenvalue weighted by Gasteiger charge is -2.10. The van der Waals surface area contributed by atoms with Crippen LogP contribution in [0.15, 0.2) is 56.7 Å². The zero-order valence-corrected chi connectivity index (χ0v) is 14.4. The summed E-state index contributed by atoms with van der Waals surface area (Å²) in [5.74, 6) is 0.435. The van der Waals surface area contributed by atoms with Gasteiger partial charge in [0.2, 0.25) is 5.91 Å². The lowest BCUT2D eigenvalue weighted by Crippen LogP contribution is -2.22. The molecule has 2 aromatic heterocycles. The van der Waals surface area contributed by atoms with E-state index in [9.17, 15) is 9.59 Å². The van der Waals surface area contributed by atoms with Gasteiger partial charge in [0.25, 0.3) is 11.1 Å². The predicted octanol–water partition coefficient (Wildman–Crippen LogP) is 3.65. The Morgan fingerprint density at radius 1 is 1.20 bits per heavy atom. The number of carbonyl (C=O) groups excluding carboxylic acids is 2. The molecule has 2 heterocycles. The summed E-state index contributed by atoms with van der Waals surface area (Å²) in [5, 5.41) is 10.4. The van der Waals surface area contributed by atoms with Crippen molar-refractivity contribution in [2.24, 2.45) is 0 Å². The highest BCUT2D eigenvalue weighted by atomic mass is 32.2. The van der Waals surface area contributed by atoms with Gasteiger partial charge in [-0.25, -0.2) is 0 Å². The number of anilines is 1. The van der Waals surface area contributed by atoms with E-state index < -0.39 is 5.25 Å². The van der Waals surface area contributed by atoms with Gasteiger partial charge in [0.05, 0.1) is 11.5 Å². The maximum absolute atomic E-state index is 12.3. The van der Waals surface area contributed by atoms with Gasteiger partial charge in [-0.1, -0.05) is 23.9 Å². The Morgan fingerprint density at radius 2 is 2.04 bits per heavy atom. The minimum Gasteiger partial charge on any atom is -0.459 e. The third kappa shape index (κ3) is 4.16. The van der Waals surface area contributed by atoms with Crippen LogP contribution in [0.5, 0.6) is 0 Å². The topological polar surface area (TPSA) is 98.2 Å². The van der Waals surface area contributed by atoms with Crippen molar-refractivity contribution in [1.82, 2.24) is 10.2 Å². The average molecular weight is 357 g/mol. The molecule has 1 aromatic carbocycles. The Labute approximate surface area is 147 Å². The number of rotatable bonds is 6. The van der Waals surface area contributed by atoms with Crippen molar-refractivity contribution in [2.75, 3.05) is 5.32 Å². The summed E-state index contributed by atoms with van der Waals surface area (Å²) < 4.78 is 10.7. The van der Waals surface area contributed by atoms with Gasteiger partial charge in [0, 0.05) is 11.3 Å². The highest BCUT2D eigenvalue weighted by Crippen LogP contribution is 2.27. The Hall–Kier alpha value is -2.87. The number of carbonyl (C=O) groups is 2. The standard InChI is InChI=1S/C17H15N3O4S/c1-10(21)12-5-3-6-13(9-12)18-15(22)11(2)25-17-20-19-16(24-17)14-7-4-8-23-14/h3-9,11H,1-2H3,(H,18,22)/t11-/m1/s1. The van der Waals surface area contributed by atoms with Crippen molar-refractivity contribution in [1.29, 1.82) is 0 Å². The van der Waals surface area contributed by atoms with E-state index in [0.29, 0.717) is 17.0 Å². The summed E-state index contributed by atoms with van der Waals surface area (Å²) in [7, 11) is 0. The van der Waals surface area contributed by atoms with E-state index in [1.165, 1.54) is 13.2 Å². The molecule has 0 aliphatic heterocycles. The van der Waals surface area contributed by atoms with E-state index in [2.05, 4.69) is 15.5 Å². The zero-order valence-electron chi connectivity index (χ0n) is 13.6. The van der Waals surface area contributed by atoms with Crippen molar-refractivity contribution in [3.8, 4) is 11.7 Å². The number of nitrogens with zero attached hydrogens (tertiary/aromatic N) is 2. The lowest BCUT2D eigenvalue weighted by atomic mass is 10.1. The number of thioether (sulfide) groups is 1. The molecule has 3 aromatic rings. The first-order valence-corrected chi connectivity index (χ1v) is 8.37. The van der Waals surface area contributed by atoms with Crippen LogP contribution in [0.1, 0.15) is 24.2 Å². The Balaban J connectivity index is 1.63. The fourth-order valence-corrected chi connectivity index (χ4v) is 2.71. The van der Waals surface area contributed by atoms with Gasteiger partial charge in [0.1, 0.15) is 0 Å². The molecule has 0 unspecified atom stereocenters. The normalized spacial score (nSPS) is 11.9. The van der Waals surface area contributed by atoms with Crippen LogP contribution in [0.25, 0.3) is 11.7 Å². The second-order valence-corrected chi connectivity index (χ2v) is 6.53. The number of ketones is 1. The molecule has 0 bridgehead atoms. The fourth-order valence-electron chi connectivity index (χ4n) is 2.02. The van der Waals surface area contributed by atoms with Crippen LogP contribution < -0.4 is 5.32 Å². The fraction of sp³-hybridized carbons (Fsp3) is 0.176. The Morgan fingerprint density at radius 3 is 2.76 bits per heavy atom. The number of amides is 1. The lowest BCUT2D eigenvalue weighted by molar-refractivity contribution is -0.115. The molecule has 25 heavy (non-hydrogen) atoms. The molecule has 7 nitrogen and oxygen atoms in total. The quantitative estimate of drug-likeness (QED) is 0.531. The van der Waals surface area contributed by atoms with Gasteiger partial charge in [-0.15, -0.1) is 10.2 Å². The number of nitrogens with one attached hydrogen (secondary N) is 1. The first kappa shape index (κ1) is 17.0. The second kappa shape index (κ2) is 7.35. The maximum atomic E-state index is 12.3. The molecule has 0 radical (unpaired) electrons. The van der Waals surface area contributed by atoms with Gasteiger partial charge >= 0.3 is 0 Å². The minimum absolute atomic E-state index is 0.0603. The number of aromatic nitrogens is 2.